The van der Waals surface area contributed by atoms with Crippen LogP contribution in [0.2, 0.25) is 5.02 Å². The van der Waals surface area contributed by atoms with Crippen LogP contribution in [0, 0.1) is 17.8 Å². The molecule has 0 radical (unpaired) electrons. The molecule has 5 rings (SSSR count). The summed E-state index contributed by atoms with van der Waals surface area (Å²) in [6.45, 7) is 3.62. The number of fused-ring (bicyclic) bond motifs is 1. The van der Waals surface area contributed by atoms with E-state index in [1.165, 1.54) is 0 Å². The van der Waals surface area contributed by atoms with Crippen molar-refractivity contribution >= 4 is 34.2 Å². The molecule has 8 heteroatoms. The quantitative estimate of drug-likeness (QED) is 0.290. The first kappa shape index (κ1) is 23.7. The number of rotatable bonds is 6. The van der Waals surface area contributed by atoms with Crippen LogP contribution in [0.15, 0.2) is 61.1 Å². The van der Waals surface area contributed by atoms with Gasteiger partial charge in [-0.15, -0.1) is 0 Å². The normalized spacial score (nSPS) is 15.1. The van der Waals surface area contributed by atoms with E-state index in [2.05, 4.69) is 21.8 Å². The van der Waals surface area contributed by atoms with Crippen LogP contribution in [-0.4, -0.2) is 49.4 Å². The van der Waals surface area contributed by atoms with Crippen LogP contribution >= 0.6 is 11.6 Å². The van der Waals surface area contributed by atoms with Crippen molar-refractivity contribution < 1.29 is 9.59 Å². The van der Waals surface area contributed by atoms with Gasteiger partial charge in [-0.25, -0.2) is 0 Å². The fraction of sp³-hybridized carbons (Fsp3) is 0.250. The monoisotopic (exact) mass is 497 g/mol. The number of likely N-dealkylation sites (tertiary alicyclic amines) is 1. The molecule has 7 nitrogen and oxygen atoms in total. The van der Waals surface area contributed by atoms with Crippen LogP contribution in [-0.2, 0) is 17.8 Å². The number of carbonyl (C=O) groups excluding carboxylic acids is 2. The molecule has 4 heterocycles. The maximum atomic E-state index is 12.7. The summed E-state index contributed by atoms with van der Waals surface area (Å²) in [6.07, 6.45) is 6.20. The minimum atomic E-state index is -0.133. The number of nitrogens with zero attached hydrogens (tertiary/aromatic N) is 5. The number of hydrogen-bond donors (Lipinski definition) is 0. The molecule has 4 aromatic rings. The van der Waals surface area contributed by atoms with Gasteiger partial charge in [0.15, 0.2) is 5.78 Å². The van der Waals surface area contributed by atoms with Crippen molar-refractivity contribution in [1.82, 2.24) is 24.6 Å². The van der Waals surface area contributed by atoms with Gasteiger partial charge in [0.05, 0.1) is 17.0 Å². The molecular weight excluding hydrogens is 474 g/mol. The zero-order valence-electron chi connectivity index (χ0n) is 19.8. The second-order valence-corrected chi connectivity index (χ2v) is 9.23. The first-order chi connectivity index (χ1) is 17.5. The number of ketones is 1. The third-order valence-electron chi connectivity index (χ3n) is 6.39. The predicted molar refractivity (Wildman–Crippen MR) is 138 cm³/mol. The molecule has 0 spiro atoms. The Morgan fingerprint density at radius 1 is 1.14 bits per heavy atom. The average Bonchev–Trinajstić information content (AvgIpc) is 3.51. The highest BCUT2D eigenvalue weighted by Crippen LogP contribution is 2.33. The molecule has 0 bridgehead atoms. The molecule has 0 N–H and O–H groups in total. The van der Waals surface area contributed by atoms with E-state index >= 15 is 0 Å². The molecule has 1 saturated heterocycles. The lowest BCUT2D eigenvalue weighted by Crippen LogP contribution is -2.28. The lowest BCUT2D eigenvalue weighted by molar-refractivity contribution is -0.124. The van der Waals surface area contributed by atoms with Crippen molar-refractivity contribution in [2.75, 3.05) is 13.1 Å². The summed E-state index contributed by atoms with van der Waals surface area (Å²) < 4.78 is 1.92. The maximum absolute atomic E-state index is 12.7. The van der Waals surface area contributed by atoms with Gasteiger partial charge in [-0.1, -0.05) is 47.9 Å². The Kier molecular flexibility index (Phi) is 6.79. The van der Waals surface area contributed by atoms with Gasteiger partial charge in [-0.3, -0.25) is 24.2 Å². The molecule has 1 aromatic carbocycles. The third kappa shape index (κ3) is 4.86. The summed E-state index contributed by atoms with van der Waals surface area (Å²) in [4.78, 5) is 35.2. The van der Waals surface area contributed by atoms with Crippen LogP contribution in [0.1, 0.15) is 29.4 Å². The van der Waals surface area contributed by atoms with E-state index in [0.29, 0.717) is 30.2 Å². The molecule has 0 unspecified atom stereocenters. The second kappa shape index (κ2) is 10.3. The molecule has 1 fully saturated rings. The molecule has 0 aliphatic carbocycles. The Hall–Kier alpha value is -4.02. The maximum Gasteiger partial charge on any atom is 0.298 e. The Bertz CT molecular complexity index is 1490. The van der Waals surface area contributed by atoms with Gasteiger partial charge in [0.25, 0.3) is 5.91 Å². The van der Waals surface area contributed by atoms with Crippen molar-refractivity contribution in [2.45, 2.75) is 26.3 Å². The number of aromatic nitrogens is 4. The Morgan fingerprint density at radius 2 is 1.97 bits per heavy atom. The Morgan fingerprint density at radius 3 is 2.72 bits per heavy atom. The smallest absolute Gasteiger partial charge is 0.298 e. The molecule has 1 amide bonds. The van der Waals surface area contributed by atoms with Gasteiger partial charge in [0.1, 0.15) is 5.69 Å². The summed E-state index contributed by atoms with van der Waals surface area (Å²) >= 11 is 6.56. The summed E-state index contributed by atoms with van der Waals surface area (Å²) in [6, 6.07) is 13.0. The number of halogens is 1. The molecule has 0 saturated carbocycles. The lowest BCUT2D eigenvalue weighted by Gasteiger charge is -2.14. The number of Topliss-reactive ketones (excluding diaryl/α,β-unsaturated/α-hetero) is 1. The molecule has 3 aromatic heterocycles. The van der Waals surface area contributed by atoms with Crippen molar-refractivity contribution in [1.29, 1.82) is 0 Å². The summed E-state index contributed by atoms with van der Waals surface area (Å²) in [5.41, 5.74) is 3.81. The van der Waals surface area contributed by atoms with Crippen molar-refractivity contribution in [3.63, 3.8) is 0 Å². The highest BCUT2D eigenvalue weighted by atomic mass is 35.5. The van der Waals surface area contributed by atoms with E-state index in [4.69, 9.17) is 16.7 Å². The molecule has 1 aliphatic rings. The van der Waals surface area contributed by atoms with E-state index in [-0.39, 0.29) is 24.0 Å². The largest absolute Gasteiger partial charge is 0.332 e. The van der Waals surface area contributed by atoms with E-state index in [0.717, 1.165) is 34.3 Å². The van der Waals surface area contributed by atoms with Gasteiger partial charge in [0.2, 0.25) is 0 Å². The van der Waals surface area contributed by atoms with Crippen LogP contribution < -0.4 is 0 Å². The van der Waals surface area contributed by atoms with E-state index in [1.54, 1.807) is 30.4 Å². The summed E-state index contributed by atoms with van der Waals surface area (Å²) in [7, 11) is 0. The van der Waals surface area contributed by atoms with E-state index in [1.807, 2.05) is 47.1 Å². The summed E-state index contributed by atoms with van der Waals surface area (Å²) in [5.74, 6) is 5.42. The molecule has 36 heavy (non-hydrogen) atoms. The fourth-order valence-corrected chi connectivity index (χ4v) is 4.87. The predicted octanol–water partition coefficient (Wildman–Crippen LogP) is 4.44. The number of carbonyl (C=O) groups is 2. The number of pyridine rings is 2. The summed E-state index contributed by atoms with van der Waals surface area (Å²) in [5, 5.41) is 6.27. The van der Waals surface area contributed by atoms with Crippen molar-refractivity contribution in [3.05, 3.63) is 77.3 Å². The molecule has 1 atom stereocenters. The molecule has 1 aliphatic heterocycles. The number of benzene rings is 1. The standard InChI is InChI=1S/C28H24ClN5O2/c1-2-5-26(36)33-13-11-19(17-33)18-34-28-23(15-30-16-24(28)29)27(32-34)21-9-7-20(8-10-21)25(35)14-22-6-3-4-12-31-22/h3-4,6-10,12,15-16,19H,11,13-14,17-18H2,1H3/t19-/m0/s1. The number of hydrogen-bond acceptors (Lipinski definition) is 5. The van der Waals surface area contributed by atoms with Crippen LogP contribution in [0.3, 0.4) is 0 Å². The van der Waals surface area contributed by atoms with E-state index < -0.39 is 0 Å². The van der Waals surface area contributed by atoms with Gasteiger partial charge < -0.3 is 4.90 Å². The topological polar surface area (TPSA) is 81.0 Å². The van der Waals surface area contributed by atoms with Gasteiger partial charge in [-0.05, 0) is 37.3 Å². The highest BCUT2D eigenvalue weighted by molar-refractivity contribution is 6.35. The van der Waals surface area contributed by atoms with Gasteiger partial charge in [-0.2, -0.15) is 5.10 Å². The second-order valence-electron chi connectivity index (χ2n) is 8.83. The van der Waals surface area contributed by atoms with Crippen molar-refractivity contribution in [3.8, 4) is 23.1 Å². The Labute approximate surface area is 214 Å². The van der Waals surface area contributed by atoms with Crippen LogP contribution in [0.4, 0.5) is 0 Å². The van der Waals surface area contributed by atoms with Crippen LogP contribution in [0.5, 0.6) is 0 Å². The number of amides is 1. The zero-order chi connectivity index (χ0) is 25.1. The first-order valence-electron chi connectivity index (χ1n) is 11.8. The minimum Gasteiger partial charge on any atom is -0.332 e. The van der Waals surface area contributed by atoms with Gasteiger partial charge >= 0.3 is 0 Å². The van der Waals surface area contributed by atoms with Crippen molar-refractivity contribution in [2.24, 2.45) is 5.92 Å². The SMILES string of the molecule is CC#CC(=O)N1CC[C@H](Cn2nc(-c3ccc(C(=O)Cc4ccccn4)cc3)c3cncc(Cl)c32)C1. The van der Waals surface area contributed by atoms with Crippen LogP contribution in [0.25, 0.3) is 22.2 Å². The van der Waals surface area contributed by atoms with Gasteiger partial charge in [0, 0.05) is 60.4 Å². The minimum absolute atomic E-state index is 0.00782. The average molecular weight is 498 g/mol. The van der Waals surface area contributed by atoms with E-state index in [9.17, 15) is 9.59 Å². The first-order valence-corrected chi connectivity index (χ1v) is 12.2. The molecule has 180 valence electrons. The Balaban J connectivity index is 1.39. The third-order valence-corrected chi connectivity index (χ3v) is 6.67. The highest BCUT2D eigenvalue weighted by Gasteiger charge is 2.27. The zero-order valence-corrected chi connectivity index (χ0v) is 20.6. The fourth-order valence-electron chi connectivity index (χ4n) is 4.61. The lowest BCUT2D eigenvalue weighted by atomic mass is 10.0. The molecular formula is C28H24ClN5O2.